The SMILES string of the molecule is CCC(C)CCCCCCCCCCC(OC)C(=O)OC. The fourth-order valence-electron chi connectivity index (χ4n) is 2.55. The van der Waals surface area contributed by atoms with Gasteiger partial charge in [-0.05, 0) is 12.3 Å². The highest BCUT2D eigenvalue weighted by molar-refractivity contribution is 5.74. The molecule has 2 atom stereocenters. The Balaban J connectivity index is 3.31. The Kier molecular flexibility index (Phi) is 14.0. The van der Waals surface area contributed by atoms with Crippen molar-refractivity contribution in [2.24, 2.45) is 5.92 Å². The summed E-state index contributed by atoms with van der Waals surface area (Å²) < 4.78 is 9.83. The highest BCUT2D eigenvalue weighted by Gasteiger charge is 2.17. The molecule has 2 unspecified atom stereocenters. The molecule has 0 aromatic carbocycles. The molecule has 126 valence electrons. The van der Waals surface area contributed by atoms with Crippen molar-refractivity contribution in [3.05, 3.63) is 0 Å². The summed E-state index contributed by atoms with van der Waals surface area (Å²) in [5, 5.41) is 0. The highest BCUT2D eigenvalue weighted by Crippen LogP contribution is 2.15. The molecule has 0 aliphatic heterocycles. The molecule has 0 spiro atoms. The first-order chi connectivity index (χ1) is 10.2. The minimum Gasteiger partial charge on any atom is -0.467 e. The van der Waals surface area contributed by atoms with E-state index in [-0.39, 0.29) is 12.1 Å². The number of methoxy groups -OCH3 is 2. The van der Waals surface area contributed by atoms with Crippen LogP contribution in [0.4, 0.5) is 0 Å². The van der Waals surface area contributed by atoms with Crippen molar-refractivity contribution < 1.29 is 14.3 Å². The summed E-state index contributed by atoms with van der Waals surface area (Å²) in [6, 6.07) is 0. The van der Waals surface area contributed by atoms with Crippen molar-refractivity contribution in [1.29, 1.82) is 0 Å². The lowest BCUT2D eigenvalue weighted by molar-refractivity contribution is -0.152. The molecular formula is C18H36O3. The van der Waals surface area contributed by atoms with Crippen molar-refractivity contribution in [1.82, 2.24) is 0 Å². The molecule has 0 N–H and O–H groups in total. The van der Waals surface area contributed by atoms with Gasteiger partial charge in [0.1, 0.15) is 0 Å². The molecule has 0 heterocycles. The molecule has 21 heavy (non-hydrogen) atoms. The number of carbonyl (C=O) groups is 1. The molecular weight excluding hydrogens is 264 g/mol. The molecule has 0 aromatic rings. The van der Waals surface area contributed by atoms with Gasteiger partial charge in [0.05, 0.1) is 7.11 Å². The van der Waals surface area contributed by atoms with Gasteiger partial charge in [-0.1, -0.05) is 78.1 Å². The van der Waals surface area contributed by atoms with Gasteiger partial charge in [0, 0.05) is 7.11 Å². The molecule has 0 rings (SSSR count). The van der Waals surface area contributed by atoms with Crippen LogP contribution in [-0.2, 0) is 14.3 Å². The highest BCUT2D eigenvalue weighted by atomic mass is 16.6. The van der Waals surface area contributed by atoms with E-state index in [9.17, 15) is 4.79 Å². The third-order valence-electron chi connectivity index (χ3n) is 4.36. The monoisotopic (exact) mass is 300 g/mol. The average molecular weight is 300 g/mol. The van der Waals surface area contributed by atoms with E-state index in [1.165, 1.54) is 64.9 Å². The summed E-state index contributed by atoms with van der Waals surface area (Å²) in [6.07, 6.45) is 13.4. The van der Waals surface area contributed by atoms with E-state index in [4.69, 9.17) is 9.47 Å². The van der Waals surface area contributed by atoms with Crippen molar-refractivity contribution in [3.8, 4) is 0 Å². The van der Waals surface area contributed by atoms with E-state index in [0.717, 1.165) is 18.8 Å². The Labute approximate surface area is 131 Å². The fraction of sp³-hybridized carbons (Fsp3) is 0.944. The van der Waals surface area contributed by atoms with Gasteiger partial charge in [0.25, 0.3) is 0 Å². The Bertz CT molecular complexity index is 241. The van der Waals surface area contributed by atoms with Crippen LogP contribution in [0.15, 0.2) is 0 Å². The standard InChI is InChI=1S/C18H36O3/c1-5-16(2)14-12-10-8-6-7-9-11-13-15-17(20-3)18(19)21-4/h16-17H,5-15H2,1-4H3. The van der Waals surface area contributed by atoms with Crippen LogP contribution in [0, 0.1) is 5.92 Å². The zero-order valence-electron chi connectivity index (χ0n) is 14.7. The van der Waals surface area contributed by atoms with Gasteiger partial charge in [0.2, 0.25) is 0 Å². The molecule has 3 nitrogen and oxygen atoms in total. The number of unbranched alkanes of at least 4 members (excludes halogenated alkanes) is 7. The summed E-state index contributed by atoms with van der Waals surface area (Å²) >= 11 is 0. The number of carbonyl (C=O) groups excluding carboxylic acids is 1. The molecule has 0 radical (unpaired) electrons. The number of esters is 1. The molecule has 0 saturated heterocycles. The topological polar surface area (TPSA) is 35.5 Å². The van der Waals surface area contributed by atoms with Gasteiger partial charge in [-0.2, -0.15) is 0 Å². The summed E-state index contributed by atoms with van der Waals surface area (Å²) in [5.74, 6) is 0.646. The lowest BCUT2D eigenvalue weighted by Gasteiger charge is -2.12. The molecule has 0 amide bonds. The minimum atomic E-state index is -0.379. The van der Waals surface area contributed by atoms with E-state index < -0.39 is 0 Å². The van der Waals surface area contributed by atoms with E-state index in [0.29, 0.717) is 0 Å². The Morgan fingerprint density at radius 3 is 1.76 bits per heavy atom. The quantitative estimate of drug-likeness (QED) is 0.330. The number of hydrogen-bond acceptors (Lipinski definition) is 3. The van der Waals surface area contributed by atoms with Crippen LogP contribution in [0.2, 0.25) is 0 Å². The molecule has 0 bridgehead atoms. The normalized spacial score (nSPS) is 13.9. The molecule has 3 heteroatoms. The zero-order chi connectivity index (χ0) is 15.9. The number of rotatable bonds is 14. The second kappa shape index (κ2) is 14.4. The van der Waals surface area contributed by atoms with Crippen LogP contribution < -0.4 is 0 Å². The van der Waals surface area contributed by atoms with Crippen molar-refractivity contribution in [2.45, 2.75) is 90.6 Å². The summed E-state index contributed by atoms with van der Waals surface area (Å²) in [5.41, 5.74) is 0. The van der Waals surface area contributed by atoms with Crippen molar-refractivity contribution >= 4 is 5.97 Å². The van der Waals surface area contributed by atoms with Gasteiger partial charge >= 0.3 is 5.97 Å². The molecule has 0 aromatic heterocycles. The Morgan fingerprint density at radius 1 is 0.857 bits per heavy atom. The van der Waals surface area contributed by atoms with Crippen molar-refractivity contribution in [2.75, 3.05) is 14.2 Å². The second-order valence-corrected chi connectivity index (χ2v) is 6.17. The minimum absolute atomic E-state index is 0.251. The van der Waals surface area contributed by atoms with Crippen LogP contribution in [0.25, 0.3) is 0 Å². The van der Waals surface area contributed by atoms with Crippen LogP contribution in [0.1, 0.15) is 84.5 Å². The maximum Gasteiger partial charge on any atom is 0.334 e. The lowest BCUT2D eigenvalue weighted by Crippen LogP contribution is -2.24. The van der Waals surface area contributed by atoms with Crippen LogP contribution in [-0.4, -0.2) is 26.3 Å². The smallest absolute Gasteiger partial charge is 0.334 e. The first-order valence-electron chi connectivity index (χ1n) is 8.76. The van der Waals surface area contributed by atoms with E-state index in [1.54, 1.807) is 7.11 Å². The van der Waals surface area contributed by atoms with Gasteiger partial charge < -0.3 is 9.47 Å². The predicted octanol–water partition coefficient (Wildman–Crippen LogP) is 5.12. The number of hydrogen-bond donors (Lipinski definition) is 0. The average Bonchev–Trinajstić information content (AvgIpc) is 2.51. The molecule has 0 aliphatic rings. The van der Waals surface area contributed by atoms with Gasteiger partial charge in [-0.3, -0.25) is 0 Å². The maximum atomic E-state index is 11.3. The lowest BCUT2D eigenvalue weighted by atomic mass is 9.99. The largest absolute Gasteiger partial charge is 0.467 e. The predicted molar refractivity (Wildman–Crippen MR) is 88.4 cm³/mol. The van der Waals surface area contributed by atoms with Gasteiger partial charge in [0.15, 0.2) is 6.10 Å². The van der Waals surface area contributed by atoms with Gasteiger partial charge in [-0.25, -0.2) is 4.79 Å². The zero-order valence-corrected chi connectivity index (χ0v) is 14.7. The Morgan fingerprint density at radius 2 is 1.33 bits per heavy atom. The van der Waals surface area contributed by atoms with Gasteiger partial charge in [-0.15, -0.1) is 0 Å². The third-order valence-corrected chi connectivity index (χ3v) is 4.36. The first kappa shape index (κ1) is 20.4. The van der Waals surface area contributed by atoms with Crippen LogP contribution >= 0.6 is 0 Å². The van der Waals surface area contributed by atoms with E-state index in [1.807, 2.05) is 0 Å². The maximum absolute atomic E-state index is 11.3. The molecule has 0 aliphatic carbocycles. The van der Waals surface area contributed by atoms with E-state index >= 15 is 0 Å². The summed E-state index contributed by atoms with van der Waals surface area (Å²) in [7, 11) is 2.98. The molecule has 0 fully saturated rings. The van der Waals surface area contributed by atoms with Crippen LogP contribution in [0.3, 0.4) is 0 Å². The Hall–Kier alpha value is -0.570. The van der Waals surface area contributed by atoms with Crippen molar-refractivity contribution in [3.63, 3.8) is 0 Å². The second-order valence-electron chi connectivity index (χ2n) is 6.17. The van der Waals surface area contributed by atoms with Crippen LogP contribution in [0.5, 0.6) is 0 Å². The summed E-state index contributed by atoms with van der Waals surface area (Å²) in [6.45, 7) is 4.63. The van der Waals surface area contributed by atoms with E-state index in [2.05, 4.69) is 13.8 Å². The third kappa shape index (κ3) is 11.7. The number of ether oxygens (including phenoxy) is 2. The summed E-state index contributed by atoms with van der Waals surface area (Å²) in [4.78, 5) is 11.3. The molecule has 0 saturated carbocycles. The first-order valence-corrected chi connectivity index (χ1v) is 8.76. The fourth-order valence-corrected chi connectivity index (χ4v) is 2.55.